The van der Waals surface area contributed by atoms with E-state index in [0.29, 0.717) is 25.1 Å². The van der Waals surface area contributed by atoms with Crippen molar-refractivity contribution in [2.45, 2.75) is 33.3 Å². The first-order valence-corrected chi connectivity index (χ1v) is 8.97. The number of hydrogen-bond acceptors (Lipinski definition) is 3. The summed E-state index contributed by atoms with van der Waals surface area (Å²) in [4.78, 5) is 19.2. The van der Waals surface area contributed by atoms with Crippen molar-refractivity contribution in [1.29, 1.82) is 0 Å². The molecule has 3 heterocycles. The summed E-state index contributed by atoms with van der Waals surface area (Å²) in [7, 11) is 0. The maximum atomic E-state index is 12.6. The first-order valence-electron chi connectivity index (χ1n) is 8.97. The van der Waals surface area contributed by atoms with Gasteiger partial charge in [-0.1, -0.05) is 6.07 Å². The van der Waals surface area contributed by atoms with Crippen molar-refractivity contribution in [3.63, 3.8) is 0 Å². The molecule has 1 amide bonds. The number of nitrogens with zero attached hydrogens (tertiary/aromatic N) is 3. The van der Waals surface area contributed by atoms with Crippen molar-refractivity contribution in [3.05, 3.63) is 58.9 Å². The standard InChI is InChI=1S/C21H23N3O2/c1-13-6-9-24-15(3)20(22-19(24)10-13)18-5-4-16(11-14(18)2)21(26)23-8-7-17(25)12-23/h4-6,9-11,17,25H,7-8,12H2,1-3H3. The van der Waals surface area contributed by atoms with Crippen molar-refractivity contribution in [2.75, 3.05) is 13.1 Å². The molecule has 0 bridgehead atoms. The molecule has 4 rings (SSSR count). The number of aryl methyl sites for hydroxylation is 3. The van der Waals surface area contributed by atoms with Gasteiger partial charge in [0.15, 0.2) is 0 Å². The fourth-order valence-corrected chi connectivity index (χ4v) is 3.70. The van der Waals surface area contributed by atoms with Crippen molar-refractivity contribution in [3.8, 4) is 11.3 Å². The van der Waals surface area contributed by atoms with Crippen LogP contribution in [-0.4, -0.2) is 44.5 Å². The minimum Gasteiger partial charge on any atom is -0.391 e. The van der Waals surface area contributed by atoms with Gasteiger partial charge in [-0.15, -0.1) is 0 Å². The molecule has 0 saturated carbocycles. The minimum atomic E-state index is -0.400. The molecule has 1 fully saturated rings. The van der Waals surface area contributed by atoms with Gasteiger partial charge in [0, 0.05) is 36.1 Å². The molecule has 1 unspecified atom stereocenters. The van der Waals surface area contributed by atoms with Crippen molar-refractivity contribution >= 4 is 11.6 Å². The Morgan fingerprint density at radius 1 is 1.19 bits per heavy atom. The third-order valence-corrected chi connectivity index (χ3v) is 5.20. The molecule has 5 nitrogen and oxygen atoms in total. The van der Waals surface area contributed by atoms with Crippen LogP contribution >= 0.6 is 0 Å². The van der Waals surface area contributed by atoms with Crippen molar-refractivity contribution < 1.29 is 9.90 Å². The van der Waals surface area contributed by atoms with Crippen LogP contribution in [0.1, 0.15) is 33.6 Å². The van der Waals surface area contributed by atoms with Gasteiger partial charge in [-0.05, 0) is 62.6 Å². The zero-order valence-corrected chi connectivity index (χ0v) is 15.4. The highest BCUT2D eigenvalue weighted by atomic mass is 16.3. The van der Waals surface area contributed by atoms with Crippen LogP contribution in [0.15, 0.2) is 36.5 Å². The number of rotatable bonds is 2. The van der Waals surface area contributed by atoms with Crippen LogP contribution in [0.3, 0.4) is 0 Å². The molecule has 0 spiro atoms. The number of imidazole rings is 1. The lowest BCUT2D eigenvalue weighted by atomic mass is 10.0. The molecule has 2 aromatic heterocycles. The Hall–Kier alpha value is -2.66. The summed E-state index contributed by atoms with van der Waals surface area (Å²) in [5.41, 5.74) is 6.88. The average molecular weight is 349 g/mol. The monoisotopic (exact) mass is 349 g/mol. The quantitative estimate of drug-likeness (QED) is 0.773. The second-order valence-electron chi connectivity index (χ2n) is 7.20. The predicted octanol–water partition coefficient (Wildman–Crippen LogP) is 3.13. The summed E-state index contributed by atoms with van der Waals surface area (Å²) in [5.74, 6) is -0.0152. The summed E-state index contributed by atoms with van der Waals surface area (Å²) >= 11 is 0. The normalized spacial score (nSPS) is 17.2. The number of fused-ring (bicyclic) bond motifs is 1. The van der Waals surface area contributed by atoms with E-state index in [4.69, 9.17) is 4.98 Å². The largest absolute Gasteiger partial charge is 0.391 e. The van der Waals surface area contributed by atoms with Crippen molar-refractivity contribution in [1.82, 2.24) is 14.3 Å². The molecule has 3 aromatic rings. The third-order valence-electron chi connectivity index (χ3n) is 5.20. The number of β-amino-alcohol motifs (C(OH)–C–C–N with tert-alkyl or cyclic N) is 1. The van der Waals surface area contributed by atoms with Gasteiger partial charge in [0.25, 0.3) is 5.91 Å². The molecule has 1 saturated heterocycles. The number of amides is 1. The zero-order valence-electron chi connectivity index (χ0n) is 15.4. The highest BCUT2D eigenvalue weighted by molar-refractivity contribution is 5.95. The molecular weight excluding hydrogens is 326 g/mol. The third kappa shape index (κ3) is 2.78. The number of aliphatic hydroxyl groups is 1. The second-order valence-corrected chi connectivity index (χ2v) is 7.20. The fraction of sp³-hybridized carbons (Fsp3) is 0.333. The number of aliphatic hydroxyl groups excluding tert-OH is 1. The van der Waals surface area contributed by atoms with E-state index >= 15 is 0 Å². The summed E-state index contributed by atoms with van der Waals surface area (Å²) in [6, 6.07) is 9.92. The van der Waals surface area contributed by atoms with Gasteiger partial charge in [-0.2, -0.15) is 0 Å². The van der Waals surface area contributed by atoms with Gasteiger partial charge in [-0.25, -0.2) is 4.98 Å². The molecule has 134 valence electrons. The van der Waals surface area contributed by atoms with Crippen molar-refractivity contribution in [2.24, 2.45) is 0 Å². The molecular formula is C21H23N3O2. The summed E-state index contributed by atoms with van der Waals surface area (Å²) < 4.78 is 2.09. The number of aromatic nitrogens is 2. The van der Waals surface area contributed by atoms with E-state index in [1.807, 2.05) is 31.3 Å². The number of pyridine rings is 1. The van der Waals surface area contributed by atoms with Crippen LogP contribution in [0.5, 0.6) is 0 Å². The number of likely N-dealkylation sites (tertiary alicyclic amines) is 1. The number of carbonyl (C=O) groups is 1. The van der Waals surface area contributed by atoms with Crippen LogP contribution in [0, 0.1) is 20.8 Å². The highest BCUT2D eigenvalue weighted by Crippen LogP contribution is 2.28. The van der Waals surface area contributed by atoms with Crippen LogP contribution in [-0.2, 0) is 0 Å². The Kier molecular flexibility index (Phi) is 4.04. The molecule has 1 N–H and O–H groups in total. The Morgan fingerprint density at radius 2 is 2.00 bits per heavy atom. The maximum Gasteiger partial charge on any atom is 0.253 e. The Labute approximate surface area is 152 Å². The van der Waals surface area contributed by atoms with E-state index in [-0.39, 0.29) is 5.91 Å². The molecule has 0 aliphatic carbocycles. The van der Waals surface area contributed by atoms with E-state index in [0.717, 1.165) is 28.2 Å². The molecule has 1 atom stereocenters. The summed E-state index contributed by atoms with van der Waals surface area (Å²) in [6.07, 6.45) is 2.30. The lowest BCUT2D eigenvalue weighted by molar-refractivity contribution is 0.0765. The van der Waals surface area contributed by atoms with Gasteiger partial charge < -0.3 is 14.4 Å². The minimum absolute atomic E-state index is 0.0152. The predicted molar refractivity (Wildman–Crippen MR) is 101 cm³/mol. The Bertz CT molecular complexity index is 1010. The fourth-order valence-electron chi connectivity index (χ4n) is 3.70. The topological polar surface area (TPSA) is 57.8 Å². The van der Waals surface area contributed by atoms with Gasteiger partial charge in [0.1, 0.15) is 5.65 Å². The van der Waals surface area contributed by atoms with E-state index in [2.05, 4.69) is 30.4 Å². The van der Waals surface area contributed by atoms with Crippen LogP contribution in [0.2, 0.25) is 0 Å². The lowest BCUT2D eigenvalue weighted by Crippen LogP contribution is -2.29. The second kappa shape index (κ2) is 6.25. The molecule has 1 aromatic carbocycles. The number of benzene rings is 1. The highest BCUT2D eigenvalue weighted by Gasteiger charge is 2.25. The van der Waals surface area contributed by atoms with Crippen LogP contribution in [0.25, 0.3) is 16.9 Å². The van der Waals surface area contributed by atoms with E-state index in [1.54, 1.807) is 4.90 Å². The van der Waals surface area contributed by atoms with Crippen LogP contribution < -0.4 is 0 Å². The van der Waals surface area contributed by atoms with E-state index in [9.17, 15) is 9.90 Å². The van der Waals surface area contributed by atoms with Crippen LogP contribution in [0.4, 0.5) is 0 Å². The van der Waals surface area contributed by atoms with Gasteiger partial charge in [-0.3, -0.25) is 4.79 Å². The lowest BCUT2D eigenvalue weighted by Gasteiger charge is -2.16. The molecule has 5 heteroatoms. The average Bonchev–Trinajstić information content (AvgIpc) is 3.18. The Balaban J connectivity index is 1.70. The number of hydrogen-bond donors (Lipinski definition) is 1. The summed E-state index contributed by atoms with van der Waals surface area (Å²) in [5, 5.41) is 9.66. The number of carbonyl (C=O) groups excluding carboxylic acids is 1. The molecule has 26 heavy (non-hydrogen) atoms. The first kappa shape index (κ1) is 16.8. The van der Waals surface area contributed by atoms with Gasteiger partial charge >= 0.3 is 0 Å². The molecule has 1 aliphatic rings. The first-order chi connectivity index (χ1) is 12.4. The smallest absolute Gasteiger partial charge is 0.253 e. The van der Waals surface area contributed by atoms with E-state index in [1.165, 1.54) is 5.56 Å². The SMILES string of the molecule is Cc1ccn2c(C)c(-c3ccc(C(=O)N4CCC(O)C4)cc3C)nc2c1. The summed E-state index contributed by atoms with van der Waals surface area (Å²) in [6.45, 7) is 7.18. The van der Waals surface area contributed by atoms with E-state index < -0.39 is 6.10 Å². The Morgan fingerprint density at radius 3 is 2.69 bits per heavy atom. The van der Waals surface area contributed by atoms with Gasteiger partial charge in [0.2, 0.25) is 0 Å². The maximum absolute atomic E-state index is 12.6. The zero-order chi connectivity index (χ0) is 18.4. The molecule has 0 radical (unpaired) electrons. The van der Waals surface area contributed by atoms with Gasteiger partial charge in [0.05, 0.1) is 11.8 Å². The molecule has 1 aliphatic heterocycles.